The van der Waals surface area contributed by atoms with Crippen LogP contribution in [0, 0.1) is 6.92 Å². The fraction of sp³-hybridized carbons (Fsp3) is 0.111. The predicted molar refractivity (Wildman–Crippen MR) is 94.8 cm³/mol. The van der Waals surface area contributed by atoms with Crippen molar-refractivity contribution < 1.29 is 9.53 Å². The number of hydrogen-bond donors (Lipinski definition) is 0. The van der Waals surface area contributed by atoms with Crippen molar-refractivity contribution in [2.24, 2.45) is 0 Å². The molecule has 0 aliphatic rings. The molecule has 0 amide bonds. The Balaban J connectivity index is 1.50. The summed E-state index contributed by atoms with van der Waals surface area (Å²) in [6, 6.07) is 17.3. The van der Waals surface area contributed by atoms with Crippen molar-refractivity contribution in [2.45, 2.75) is 13.5 Å². The Morgan fingerprint density at radius 3 is 2.64 bits per heavy atom. The second kappa shape index (κ2) is 6.45. The first-order valence-corrected chi connectivity index (χ1v) is 8.53. The standard InChI is InChI=1S/C18H14N4O2S/c1-12-17(21-22(20-12)13-7-3-2-4-8-13)18(23)24-11-16-19-14-9-5-6-10-15(14)25-16/h2-10H,11H2,1H3. The first-order chi connectivity index (χ1) is 12.2. The van der Waals surface area contributed by atoms with Gasteiger partial charge in [-0.15, -0.1) is 16.4 Å². The normalized spacial score (nSPS) is 10.9. The number of esters is 1. The van der Waals surface area contributed by atoms with E-state index >= 15 is 0 Å². The lowest BCUT2D eigenvalue weighted by Crippen LogP contribution is -2.08. The Morgan fingerprint density at radius 1 is 1.08 bits per heavy atom. The average molecular weight is 350 g/mol. The summed E-state index contributed by atoms with van der Waals surface area (Å²) in [4.78, 5) is 18.2. The molecule has 4 aromatic rings. The number of fused-ring (bicyclic) bond motifs is 1. The van der Waals surface area contributed by atoms with Gasteiger partial charge < -0.3 is 4.74 Å². The quantitative estimate of drug-likeness (QED) is 0.527. The van der Waals surface area contributed by atoms with Gasteiger partial charge in [-0.2, -0.15) is 9.90 Å². The van der Waals surface area contributed by atoms with Crippen LogP contribution in [0.4, 0.5) is 0 Å². The van der Waals surface area contributed by atoms with Gasteiger partial charge in [-0.3, -0.25) is 0 Å². The summed E-state index contributed by atoms with van der Waals surface area (Å²) in [5, 5.41) is 9.28. The van der Waals surface area contributed by atoms with Crippen molar-refractivity contribution in [3.8, 4) is 5.69 Å². The van der Waals surface area contributed by atoms with E-state index < -0.39 is 5.97 Å². The van der Waals surface area contributed by atoms with Gasteiger partial charge in [-0.05, 0) is 31.2 Å². The molecule has 0 N–H and O–H groups in total. The monoisotopic (exact) mass is 350 g/mol. The lowest BCUT2D eigenvalue weighted by Gasteiger charge is -2.00. The smallest absolute Gasteiger partial charge is 0.361 e. The van der Waals surface area contributed by atoms with Crippen LogP contribution < -0.4 is 0 Å². The maximum atomic E-state index is 12.3. The zero-order chi connectivity index (χ0) is 17.2. The van der Waals surface area contributed by atoms with Crippen molar-refractivity contribution in [1.82, 2.24) is 20.0 Å². The van der Waals surface area contributed by atoms with E-state index in [-0.39, 0.29) is 12.3 Å². The topological polar surface area (TPSA) is 69.9 Å². The molecule has 7 heteroatoms. The molecule has 0 spiro atoms. The fourth-order valence-electron chi connectivity index (χ4n) is 2.42. The maximum absolute atomic E-state index is 12.3. The number of rotatable bonds is 4. The van der Waals surface area contributed by atoms with Gasteiger partial charge in [0.25, 0.3) is 0 Å². The number of thiazole rings is 1. The van der Waals surface area contributed by atoms with Crippen LogP contribution in [0.15, 0.2) is 54.6 Å². The number of ether oxygens (including phenoxy) is 1. The van der Waals surface area contributed by atoms with Crippen LogP contribution in [0.5, 0.6) is 0 Å². The van der Waals surface area contributed by atoms with Gasteiger partial charge in [-0.1, -0.05) is 30.3 Å². The number of carbonyl (C=O) groups is 1. The summed E-state index contributed by atoms with van der Waals surface area (Å²) in [7, 11) is 0. The highest BCUT2D eigenvalue weighted by Crippen LogP contribution is 2.22. The molecule has 2 aromatic carbocycles. The summed E-state index contributed by atoms with van der Waals surface area (Å²) in [6.45, 7) is 1.86. The third-order valence-corrected chi connectivity index (χ3v) is 4.64. The third kappa shape index (κ3) is 3.14. The SMILES string of the molecule is Cc1nn(-c2ccccc2)nc1C(=O)OCc1nc2ccccc2s1. The minimum atomic E-state index is -0.501. The summed E-state index contributed by atoms with van der Waals surface area (Å²) in [6.07, 6.45) is 0. The summed E-state index contributed by atoms with van der Waals surface area (Å²) >= 11 is 1.51. The van der Waals surface area contributed by atoms with E-state index in [9.17, 15) is 4.79 Å². The third-order valence-electron chi connectivity index (χ3n) is 3.63. The summed E-state index contributed by atoms with van der Waals surface area (Å²) in [5.74, 6) is -0.501. The number of para-hydroxylation sites is 2. The number of hydrogen-bond acceptors (Lipinski definition) is 6. The minimum Gasteiger partial charge on any atom is -0.453 e. The molecule has 6 nitrogen and oxygen atoms in total. The Labute approximate surface area is 147 Å². The molecule has 0 aliphatic heterocycles. The first-order valence-electron chi connectivity index (χ1n) is 7.71. The molecule has 124 valence electrons. The summed E-state index contributed by atoms with van der Waals surface area (Å²) < 4.78 is 6.44. The number of aromatic nitrogens is 4. The molecule has 0 saturated heterocycles. The van der Waals surface area contributed by atoms with E-state index in [0.29, 0.717) is 5.69 Å². The van der Waals surface area contributed by atoms with E-state index in [4.69, 9.17) is 4.74 Å². The van der Waals surface area contributed by atoms with Crippen LogP contribution >= 0.6 is 11.3 Å². The minimum absolute atomic E-state index is 0.121. The molecule has 0 radical (unpaired) electrons. The molecule has 2 aromatic heterocycles. The lowest BCUT2D eigenvalue weighted by atomic mass is 10.3. The molecular weight excluding hydrogens is 336 g/mol. The van der Waals surface area contributed by atoms with Crippen molar-refractivity contribution in [3.05, 3.63) is 71.0 Å². The fourth-order valence-corrected chi connectivity index (χ4v) is 3.30. The van der Waals surface area contributed by atoms with Crippen LogP contribution in [-0.2, 0) is 11.3 Å². The molecular formula is C18H14N4O2S. The number of benzene rings is 2. The van der Waals surface area contributed by atoms with Gasteiger partial charge in [0.05, 0.1) is 21.6 Å². The molecule has 0 unspecified atom stereocenters. The van der Waals surface area contributed by atoms with Gasteiger partial charge in [-0.25, -0.2) is 9.78 Å². The van der Waals surface area contributed by atoms with Crippen molar-refractivity contribution in [2.75, 3.05) is 0 Å². The highest BCUT2D eigenvalue weighted by Gasteiger charge is 2.18. The van der Waals surface area contributed by atoms with Crippen LogP contribution in [0.3, 0.4) is 0 Å². The highest BCUT2D eigenvalue weighted by molar-refractivity contribution is 7.18. The zero-order valence-electron chi connectivity index (χ0n) is 13.4. The van der Waals surface area contributed by atoms with Crippen LogP contribution in [0.2, 0.25) is 0 Å². The van der Waals surface area contributed by atoms with Crippen LogP contribution in [0.25, 0.3) is 15.9 Å². The molecule has 4 rings (SSSR count). The van der Waals surface area contributed by atoms with Gasteiger partial charge in [0.15, 0.2) is 5.69 Å². The molecule has 25 heavy (non-hydrogen) atoms. The largest absolute Gasteiger partial charge is 0.453 e. The highest BCUT2D eigenvalue weighted by atomic mass is 32.1. The van der Waals surface area contributed by atoms with E-state index in [0.717, 1.165) is 20.9 Å². The lowest BCUT2D eigenvalue weighted by molar-refractivity contribution is 0.0464. The molecule has 0 bridgehead atoms. The number of nitrogens with zero attached hydrogens (tertiary/aromatic N) is 4. The van der Waals surface area contributed by atoms with E-state index in [2.05, 4.69) is 15.2 Å². The van der Waals surface area contributed by atoms with E-state index in [1.54, 1.807) is 6.92 Å². The molecule has 0 saturated carbocycles. The van der Waals surface area contributed by atoms with E-state index in [1.165, 1.54) is 16.1 Å². The first kappa shape index (κ1) is 15.5. The Morgan fingerprint density at radius 2 is 1.84 bits per heavy atom. The summed E-state index contributed by atoms with van der Waals surface area (Å²) in [5.41, 5.74) is 2.43. The van der Waals surface area contributed by atoms with Crippen LogP contribution in [-0.4, -0.2) is 25.9 Å². The Bertz CT molecular complexity index is 1010. The maximum Gasteiger partial charge on any atom is 0.361 e. The second-order valence-electron chi connectivity index (χ2n) is 5.41. The number of aryl methyl sites for hydroxylation is 1. The van der Waals surface area contributed by atoms with Gasteiger partial charge in [0.1, 0.15) is 11.6 Å². The van der Waals surface area contributed by atoms with Gasteiger partial charge >= 0.3 is 5.97 Å². The van der Waals surface area contributed by atoms with Crippen molar-refractivity contribution in [1.29, 1.82) is 0 Å². The second-order valence-corrected chi connectivity index (χ2v) is 6.53. The molecule has 2 heterocycles. The Hall–Kier alpha value is -3.06. The zero-order valence-corrected chi connectivity index (χ0v) is 14.2. The van der Waals surface area contributed by atoms with Gasteiger partial charge in [0, 0.05) is 0 Å². The van der Waals surface area contributed by atoms with E-state index in [1.807, 2.05) is 54.6 Å². The van der Waals surface area contributed by atoms with Crippen molar-refractivity contribution in [3.63, 3.8) is 0 Å². The predicted octanol–water partition coefficient (Wildman–Crippen LogP) is 3.54. The average Bonchev–Trinajstić information content (AvgIpc) is 3.23. The molecule has 0 aliphatic carbocycles. The van der Waals surface area contributed by atoms with Crippen molar-refractivity contribution >= 4 is 27.5 Å². The number of carbonyl (C=O) groups excluding carboxylic acids is 1. The Kier molecular flexibility index (Phi) is 3.99. The molecule has 0 atom stereocenters. The van der Waals surface area contributed by atoms with Gasteiger partial charge in [0.2, 0.25) is 0 Å². The van der Waals surface area contributed by atoms with Crippen LogP contribution in [0.1, 0.15) is 21.2 Å². The molecule has 0 fully saturated rings.